The summed E-state index contributed by atoms with van der Waals surface area (Å²) in [7, 11) is 0. The number of likely N-dealkylation sites (tertiary alicyclic amines) is 1. The number of hydrogen-bond donors (Lipinski definition) is 1. The number of alkyl halides is 3. The van der Waals surface area contributed by atoms with Gasteiger partial charge < -0.3 is 5.11 Å². The molecule has 0 saturated carbocycles. The SMILES string of the molecule is Cc1ccc(C)c(C(c2cccc(C(F)(F)F)c2)N2CCC(C(=O)O)CC2)c1. The minimum Gasteiger partial charge on any atom is -0.481 e. The molecular weight excluding hydrogens is 367 g/mol. The molecule has 0 radical (unpaired) electrons. The zero-order valence-electron chi connectivity index (χ0n) is 16.0. The standard InChI is InChI=1S/C22H24F3NO2/c1-14-6-7-15(2)19(12-14)20(26-10-8-16(9-11-26)21(27)28)17-4-3-5-18(13-17)22(23,24)25/h3-7,12-13,16,20H,8-11H2,1-2H3,(H,27,28). The zero-order chi connectivity index (χ0) is 20.5. The third-order valence-electron chi connectivity index (χ3n) is 5.50. The summed E-state index contributed by atoms with van der Waals surface area (Å²) in [6, 6.07) is 11.1. The van der Waals surface area contributed by atoms with Gasteiger partial charge in [-0.1, -0.05) is 35.9 Å². The molecule has 0 spiro atoms. The second kappa shape index (κ2) is 7.95. The van der Waals surface area contributed by atoms with Crippen LogP contribution in [0.25, 0.3) is 0 Å². The fraction of sp³-hybridized carbons (Fsp3) is 0.409. The summed E-state index contributed by atoms with van der Waals surface area (Å²) in [6.07, 6.45) is -3.41. The molecule has 3 nitrogen and oxygen atoms in total. The molecule has 2 aromatic carbocycles. The smallest absolute Gasteiger partial charge is 0.416 e. The molecule has 0 aromatic heterocycles. The summed E-state index contributed by atoms with van der Waals surface area (Å²) in [5, 5.41) is 9.26. The number of aryl methyl sites for hydroxylation is 2. The quantitative estimate of drug-likeness (QED) is 0.778. The average molecular weight is 391 g/mol. The van der Waals surface area contributed by atoms with Crippen LogP contribution in [-0.2, 0) is 11.0 Å². The molecular formula is C22H24F3NO2. The Morgan fingerprint density at radius 2 is 1.79 bits per heavy atom. The van der Waals surface area contributed by atoms with Crippen LogP contribution in [0.15, 0.2) is 42.5 Å². The highest BCUT2D eigenvalue weighted by Gasteiger charge is 2.34. The van der Waals surface area contributed by atoms with Crippen molar-refractivity contribution in [3.8, 4) is 0 Å². The lowest BCUT2D eigenvalue weighted by Crippen LogP contribution is -2.39. The molecule has 6 heteroatoms. The summed E-state index contributed by atoms with van der Waals surface area (Å²) in [5.41, 5.74) is 2.93. The van der Waals surface area contributed by atoms with Crippen LogP contribution < -0.4 is 0 Å². The van der Waals surface area contributed by atoms with Crippen LogP contribution >= 0.6 is 0 Å². The Kier molecular flexibility index (Phi) is 5.79. The lowest BCUT2D eigenvalue weighted by molar-refractivity contribution is -0.143. The van der Waals surface area contributed by atoms with Crippen molar-refractivity contribution in [1.29, 1.82) is 0 Å². The Morgan fingerprint density at radius 3 is 2.39 bits per heavy atom. The van der Waals surface area contributed by atoms with Crippen molar-refractivity contribution in [3.63, 3.8) is 0 Å². The van der Waals surface area contributed by atoms with Crippen LogP contribution in [0.3, 0.4) is 0 Å². The van der Waals surface area contributed by atoms with Gasteiger partial charge >= 0.3 is 12.1 Å². The molecule has 0 amide bonds. The molecule has 28 heavy (non-hydrogen) atoms. The molecule has 1 aliphatic rings. The fourth-order valence-electron chi connectivity index (χ4n) is 3.93. The number of halogens is 3. The topological polar surface area (TPSA) is 40.5 Å². The van der Waals surface area contributed by atoms with Gasteiger partial charge in [-0.15, -0.1) is 0 Å². The average Bonchev–Trinajstić information content (AvgIpc) is 2.65. The first-order valence-corrected chi connectivity index (χ1v) is 9.38. The number of carboxylic acids is 1. The van der Waals surface area contributed by atoms with Crippen LogP contribution in [0.2, 0.25) is 0 Å². The molecule has 1 unspecified atom stereocenters. The van der Waals surface area contributed by atoms with Crippen molar-refractivity contribution < 1.29 is 23.1 Å². The van der Waals surface area contributed by atoms with Gasteiger partial charge in [0.2, 0.25) is 0 Å². The van der Waals surface area contributed by atoms with Gasteiger partial charge in [0.25, 0.3) is 0 Å². The van der Waals surface area contributed by atoms with Gasteiger partial charge in [-0.25, -0.2) is 0 Å². The summed E-state index contributed by atoms with van der Waals surface area (Å²) < 4.78 is 39.8. The van der Waals surface area contributed by atoms with Crippen molar-refractivity contribution in [2.75, 3.05) is 13.1 Å². The Bertz CT molecular complexity index is 855. The van der Waals surface area contributed by atoms with E-state index >= 15 is 0 Å². The first kappa shape index (κ1) is 20.4. The highest BCUT2D eigenvalue weighted by Crippen LogP contribution is 2.37. The summed E-state index contributed by atoms with van der Waals surface area (Å²) in [4.78, 5) is 13.4. The van der Waals surface area contributed by atoms with E-state index in [2.05, 4.69) is 4.90 Å². The Balaban J connectivity index is 2.03. The van der Waals surface area contributed by atoms with Crippen LogP contribution in [0.4, 0.5) is 13.2 Å². The number of carboxylic acid groups (broad SMARTS) is 1. The minimum atomic E-state index is -4.40. The van der Waals surface area contributed by atoms with E-state index in [4.69, 9.17) is 0 Å². The first-order valence-electron chi connectivity index (χ1n) is 9.38. The third-order valence-corrected chi connectivity index (χ3v) is 5.50. The predicted molar refractivity (Wildman–Crippen MR) is 101 cm³/mol. The number of nitrogens with zero attached hydrogens (tertiary/aromatic N) is 1. The molecule has 2 aromatic rings. The summed E-state index contributed by atoms with van der Waals surface area (Å²) in [6.45, 7) is 4.98. The van der Waals surface area contributed by atoms with Crippen LogP contribution in [0, 0.1) is 19.8 Å². The fourth-order valence-corrected chi connectivity index (χ4v) is 3.93. The molecule has 3 rings (SSSR count). The maximum Gasteiger partial charge on any atom is 0.416 e. The largest absolute Gasteiger partial charge is 0.481 e. The minimum absolute atomic E-state index is 0.336. The Labute approximate surface area is 162 Å². The zero-order valence-corrected chi connectivity index (χ0v) is 16.0. The van der Waals surface area contributed by atoms with Gasteiger partial charge in [-0.05, 0) is 68.6 Å². The third kappa shape index (κ3) is 4.38. The van der Waals surface area contributed by atoms with Crippen molar-refractivity contribution in [1.82, 2.24) is 4.90 Å². The molecule has 1 atom stereocenters. The normalized spacial score (nSPS) is 17.5. The molecule has 1 N–H and O–H groups in total. The molecule has 1 heterocycles. The second-order valence-corrected chi connectivity index (χ2v) is 7.53. The van der Waals surface area contributed by atoms with Gasteiger partial charge in [0.1, 0.15) is 0 Å². The lowest BCUT2D eigenvalue weighted by atomic mass is 9.88. The number of carbonyl (C=O) groups is 1. The predicted octanol–water partition coefficient (Wildman–Crippen LogP) is 5.21. The molecule has 0 aliphatic carbocycles. The van der Waals surface area contributed by atoms with Crippen LogP contribution in [0.5, 0.6) is 0 Å². The monoisotopic (exact) mass is 391 g/mol. The Hall–Kier alpha value is -2.34. The van der Waals surface area contributed by atoms with Crippen LogP contribution in [0.1, 0.15) is 46.7 Å². The number of piperidine rings is 1. The van der Waals surface area contributed by atoms with Crippen LogP contribution in [-0.4, -0.2) is 29.1 Å². The van der Waals surface area contributed by atoms with E-state index in [1.165, 1.54) is 12.1 Å². The number of aliphatic carboxylic acids is 1. The summed E-state index contributed by atoms with van der Waals surface area (Å²) >= 11 is 0. The van der Waals surface area contributed by atoms with E-state index < -0.39 is 23.6 Å². The highest BCUT2D eigenvalue weighted by atomic mass is 19.4. The van der Waals surface area contributed by atoms with E-state index in [9.17, 15) is 23.1 Å². The van der Waals surface area contributed by atoms with Gasteiger partial charge in [-0.2, -0.15) is 13.2 Å². The van der Waals surface area contributed by atoms with E-state index in [-0.39, 0.29) is 6.04 Å². The molecule has 1 aliphatic heterocycles. The van der Waals surface area contributed by atoms with Gasteiger partial charge in [0.15, 0.2) is 0 Å². The first-order chi connectivity index (χ1) is 13.2. The van der Waals surface area contributed by atoms with E-state index in [1.807, 2.05) is 32.0 Å². The van der Waals surface area contributed by atoms with E-state index in [0.717, 1.165) is 22.8 Å². The number of rotatable bonds is 4. The van der Waals surface area contributed by atoms with E-state index in [1.54, 1.807) is 6.07 Å². The van der Waals surface area contributed by atoms with Crippen molar-refractivity contribution in [2.24, 2.45) is 5.92 Å². The van der Waals surface area contributed by atoms with Gasteiger partial charge in [0, 0.05) is 0 Å². The van der Waals surface area contributed by atoms with Crippen molar-refractivity contribution >= 4 is 5.97 Å². The number of benzene rings is 2. The van der Waals surface area contributed by atoms with Gasteiger partial charge in [0.05, 0.1) is 17.5 Å². The molecule has 0 bridgehead atoms. The van der Waals surface area contributed by atoms with Gasteiger partial charge in [-0.3, -0.25) is 9.69 Å². The maximum atomic E-state index is 13.3. The molecule has 1 saturated heterocycles. The lowest BCUT2D eigenvalue weighted by Gasteiger charge is -2.38. The highest BCUT2D eigenvalue weighted by molar-refractivity contribution is 5.70. The molecule has 1 fully saturated rings. The van der Waals surface area contributed by atoms with Crippen molar-refractivity contribution in [2.45, 2.75) is 38.9 Å². The Morgan fingerprint density at radius 1 is 1.11 bits per heavy atom. The molecule has 150 valence electrons. The number of hydrogen-bond acceptors (Lipinski definition) is 2. The van der Waals surface area contributed by atoms with Crippen molar-refractivity contribution in [3.05, 3.63) is 70.3 Å². The van der Waals surface area contributed by atoms with E-state index in [0.29, 0.717) is 31.5 Å². The second-order valence-electron chi connectivity index (χ2n) is 7.53. The summed E-state index contributed by atoms with van der Waals surface area (Å²) in [5.74, 6) is -1.20. The maximum absolute atomic E-state index is 13.3.